The number of benzene rings is 1. The van der Waals surface area contributed by atoms with Crippen molar-refractivity contribution in [3.05, 3.63) is 59.5 Å². The molecule has 8 heteroatoms. The second kappa shape index (κ2) is 8.56. The summed E-state index contributed by atoms with van der Waals surface area (Å²) in [5.74, 6) is 2.27. The van der Waals surface area contributed by atoms with Crippen LogP contribution in [0.5, 0.6) is 0 Å². The van der Waals surface area contributed by atoms with E-state index in [-0.39, 0.29) is 5.91 Å². The van der Waals surface area contributed by atoms with E-state index in [0.29, 0.717) is 29.7 Å². The Kier molecular flexibility index (Phi) is 5.71. The Balaban J connectivity index is 1.28. The highest BCUT2D eigenvalue weighted by molar-refractivity contribution is 6.29. The Bertz CT molecular complexity index is 916. The van der Waals surface area contributed by atoms with Crippen LogP contribution < -0.4 is 0 Å². The average Bonchev–Trinajstić information content (AvgIpc) is 3.36. The molecule has 3 aromatic rings. The molecule has 2 aromatic heterocycles. The summed E-state index contributed by atoms with van der Waals surface area (Å²) in [6, 6.07) is 11.8. The molecule has 1 aromatic carbocycles. The number of carbonyl (C=O) groups excluding carboxylic acids is 1. The van der Waals surface area contributed by atoms with Crippen molar-refractivity contribution in [2.75, 3.05) is 13.1 Å². The molecular weight excluding hydrogens is 378 g/mol. The normalized spacial score (nSPS) is 15.1. The zero-order valence-corrected chi connectivity index (χ0v) is 16.3. The van der Waals surface area contributed by atoms with Crippen LogP contribution in [0.15, 0.2) is 47.2 Å². The summed E-state index contributed by atoms with van der Waals surface area (Å²) in [6.45, 7) is 1.56. The first-order valence-electron chi connectivity index (χ1n) is 9.52. The van der Waals surface area contributed by atoms with Crippen molar-refractivity contribution in [2.24, 2.45) is 5.92 Å². The smallest absolute Gasteiger partial charge is 0.223 e. The summed E-state index contributed by atoms with van der Waals surface area (Å²) < 4.78 is 7.10. The van der Waals surface area contributed by atoms with E-state index in [1.807, 2.05) is 27.7 Å². The van der Waals surface area contributed by atoms with Crippen molar-refractivity contribution in [1.29, 1.82) is 0 Å². The summed E-state index contributed by atoms with van der Waals surface area (Å²) in [5, 5.41) is 12.4. The third kappa shape index (κ3) is 4.42. The predicted octanol–water partition coefficient (Wildman–Crippen LogP) is 3.32. The van der Waals surface area contributed by atoms with Gasteiger partial charge in [-0.25, -0.2) is 0 Å². The maximum atomic E-state index is 12.4. The van der Waals surface area contributed by atoms with Gasteiger partial charge in [-0.1, -0.05) is 35.0 Å². The molecule has 4 rings (SSSR count). The molecule has 0 aliphatic carbocycles. The minimum Gasteiger partial charge on any atom is -0.360 e. The first-order chi connectivity index (χ1) is 13.7. The molecule has 7 nitrogen and oxygen atoms in total. The van der Waals surface area contributed by atoms with Crippen molar-refractivity contribution in [1.82, 2.24) is 24.8 Å². The van der Waals surface area contributed by atoms with Gasteiger partial charge in [0.25, 0.3) is 0 Å². The number of carbonyl (C=O) groups is 1. The molecule has 1 aliphatic heterocycles. The zero-order chi connectivity index (χ0) is 19.3. The lowest BCUT2D eigenvalue weighted by Gasteiger charge is -2.32. The van der Waals surface area contributed by atoms with Gasteiger partial charge in [-0.15, -0.1) is 10.2 Å². The van der Waals surface area contributed by atoms with Gasteiger partial charge in [-0.05, 0) is 30.9 Å². The number of amides is 1. The van der Waals surface area contributed by atoms with Gasteiger partial charge in [0.05, 0.1) is 0 Å². The van der Waals surface area contributed by atoms with Crippen molar-refractivity contribution in [3.63, 3.8) is 0 Å². The highest BCUT2D eigenvalue weighted by Gasteiger charge is 2.24. The van der Waals surface area contributed by atoms with Crippen molar-refractivity contribution < 1.29 is 9.32 Å². The SMILES string of the molecule is O=C(CCc1cc(Cl)no1)N1CCC(Cc2nncn2-c2ccccc2)CC1. The zero-order valence-electron chi connectivity index (χ0n) is 15.5. The van der Waals surface area contributed by atoms with Gasteiger partial charge < -0.3 is 9.42 Å². The lowest BCUT2D eigenvalue weighted by molar-refractivity contribution is -0.132. The third-order valence-corrected chi connectivity index (χ3v) is 5.38. The summed E-state index contributed by atoms with van der Waals surface area (Å²) >= 11 is 5.74. The first-order valence-corrected chi connectivity index (χ1v) is 9.90. The van der Waals surface area contributed by atoms with E-state index in [9.17, 15) is 4.79 Å². The standard InChI is InChI=1S/C20H22ClN5O2/c21-18-13-17(28-24-18)6-7-20(27)25-10-8-15(9-11-25)12-19-23-22-14-26(19)16-4-2-1-3-5-16/h1-5,13-15H,6-12H2. The van der Waals surface area contributed by atoms with Crippen LogP contribution in [-0.4, -0.2) is 43.8 Å². The molecule has 3 heterocycles. The number of aryl methyl sites for hydroxylation is 1. The summed E-state index contributed by atoms with van der Waals surface area (Å²) in [5.41, 5.74) is 1.07. The van der Waals surface area contributed by atoms with Gasteiger partial charge >= 0.3 is 0 Å². The lowest BCUT2D eigenvalue weighted by atomic mass is 9.93. The monoisotopic (exact) mass is 399 g/mol. The number of para-hydroxylation sites is 1. The fraction of sp³-hybridized carbons (Fsp3) is 0.400. The van der Waals surface area contributed by atoms with Gasteiger partial charge in [0, 0.05) is 44.1 Å². The maximum absolute atomic E-state index is 12.4. The number of nitrogens with zero attached hydrogens (tertiary/aromatic N) is 5. The van der Waals surface area contributed by atoms with Crippen LogP contribution in [0, 0.1) is 5.92 Å². The molecule has 1 fully saturated rings. The van der Waals surface area contributed by atoms with Crippen LogP contribution in [0.1, 0.15) is 30.8 Å². The third-order valence-electron chi connectivity index (χ3n) is 5.21. The fourth-order valence-corrected chi connectivity index (χ4v) is 3.80. The van der Waals surface area contributed by atoms with E-state index in [0.717, 1.165) is 43.9 Å². The van der Waals surface area contributed by atoms with Crippen LogP contribution in [0.25, 0.3) is 5.69 Å². The van der Waals surface area contributed by atoms with Crippen molar-refractivity contribution in [2.45, 2.75) is 32.1 Å². The topological polar surface area (TPSA) is 77.1 Å². The van der Waals surface area contributed by atoms with Crippen molar-refractivity contribution >= 4 is 17.5 Å². The lowest BCUT2D eigenvalue weighted by Crippen LogP contribution is -2.39. The second-order valence-electron chi connectivity index (χ2n) is 7.10. The minimum absolute atomic E-state index is 0.151. The molecule has 0 spiro atoms. The van der Waals surface area contributed by atoms with Gasteiger partial charge in [-0.3, -0.25) is 9.36 Å². The highest BCUT2D eigenvalue weighted by Crippen LogP contribution is 2.23. The molecule has 1 amide bonds. The van der Waals surface area contributed by atoms with E-state index < -0.39 is 0 Å². The molecule has 0 bridgehead atoms. The first kappa shape index (κ1) is 18.7. The Morgan fingerprint density at radius 1 is 1.21 bits per heavy atom. The largest absolute Gasteiger partial charge is 0.360 e. The van der Waals surface area contributed by atoms with E-state index in [1.54, 1.807) is 12.4 Å². The van der Waals surface area contributed by atoms with Crippen LogP contribution in [-0.2, 0) is 17.6 Å². The van der Waals surface area contributed by atoms with E-state index in [4.69, 9.17) is 16.1 Å². The van der Waals surface area contributed by atoms with Gasteiger partial charge in [0.15, 0.2) is 5.15 Å². The fourth-order valence-electron chi connectivity index (χ4n) is 3.64. The molecule has 1 saturated heterocycles. The summed E-state index contributed by atoms with van der Waals surface area (Å²) in [7, 11) is 0. The maximum Gasteiger partial charge on any atom is 0.223 e. The summed E-state index contributed by atoms with van der Waals surface area (Å²) in [6.07, 6.45) is 5.52. The molecule has 1 aliphatic rings. The molecule has 0 N–H and O–H groups in total. The Morgan fingerprint density at radius 3 is 2.71 bits per heavy atom. The Hall–Kier alpha value is -2.67. The molecule has 0 radical (unpaired) electrons. The van der Waals surface area contributed by atoms with E-state index in [2.05, 4.69) is 27.5 Å². The summed E-state index contributed by atoms with van der Waals surface area (Å²) in [4.78, 5) is 14.4. The molecule has 0 unspecified atom stereocenters. The number of hydrogen-bond donors (Lipinski definition) is 0. The highest BCUT2D eigenvalue weighted by atomic mass is 35.5. The predicted molar refractivity (Wildman–Crippen MR) is 104 cm³/mol. The van der Waals surface area contributed by atoms with E-state index in [1.165, 1.54) is 0 Å². The molecular formula is C20H22ClN5O2. The number of hydrogen-bond acceptors (Lipinski definition) is 5. The molecule has 0 atom stereocenters. The average molecular weight is 400 g/mol. The van der Waals surface area contributed by atoms with Crippen LogP contribution in [0.2, 0.25) is 5.15 Å². The van der Waals surface area contributed by atoms with Gasteiger partial charge in [0.2, 0.25) is 5.91 Å². The van der Waals surface area contributed by atoms with Gasteiger partial charge in [0.1, 0.15) is 17.9 Å². The number of piperidine rings is 1. The van der Waals surface area contributed by atoms with Crippen LogP contribution in [0.4, 0.5) is 0 Å². The minimum atomic E-state index is 0.151. The second-order valence-corrected chi connectivity index (χ2v) is 7.48. The molecule has 146 valence electrons. The Morgan fingerprint density at radius 2 is 2.00 bits per heavy atom. The number of halogens is 1. The number of rotatable bonds is 6. The molecule has 28 heavy (non-hydrogen) atoms. The van der Waals surface area contributed by atoms with Crippen LogP contribution in [0.3, 0.4) is 0 Å². The van der Waals surface area contributed by atoms with Gasteiger partial charge in [-0.2, -0.15) is 0 Å². The number of likely N-dealkylation sites (tertiary alicyclic amines) is 1. The van der Waals surface area contributed by atoms with Crippen LogP contribution >= 0.6 is 11.6 Å². The Labute approximate surface area is 168 Å². The number of aromatic nitrogens is 4. The van der Waals surface area contributed by atoms with Crippen molar-refractivity contribution in [3.8, 4) is 5.69 Å². The molecule has 0 saturated carbocycles. The quantitative estimate of drug-likeness (QED) is 0.635. The van der Waals surface area contributed by atoms with E-state index >= 15 is 0 Å².